The van der Waals surface area contributed by atoms with Gasteiger partial charge < -0.3 is 10.4 Å². The minimum Gasteiger partial charge on any atom is -0.508 e. The van der Waals surface area contributed by atoms with Crippen molar-refractivity contribution in [3.63, 3.8) is 0 Å². The minimum absolute atomic E-state index is 0.277. The Hall–Kier alpha value is -0.580. The lowest BCUT2D eigenvalue weighted by Gasteiger charge is -2.39. The minimum atomic E-state index is 0.277. The Morgan fingerprint density at radius 1 is 1.33 bits per heavy atom. The Balaban J connectivity index is 2.11. The van der Waals surface area contributed by atoms with Gasteiger partial charge in [0.25, 0.3) is 0 Å². The predicted molar refractivity (Wildman–Crippen MR) is 91.7 cm³/mol. The first-order valence-corrected chi connectivity index (χ1v) is 8.73. The summed E-state index contributed by atoms with van der Waals surface area (Å²) in [6.45, 7) is 2.20. The molecule has 118 valence electrons. The van der Waals surface area contributed by atoms with Crippen LogP contribution in [0.2, 0.25) is 0 Å². The highest BCUT2D eigenvalue weighted by Crippen LogP contribution is 2.36. The highest BCUT2D eigenvalue weighted by atomic mass is 79.9. The molecule has 1 fully saturated rings. The van der Waals surface area contributed by atoms with Gasteiger partial charge in [-0.15, -0.1) is 0 Å². The molecule has 2 N–H and O–H groups in total. The van der Waals surface area contributed by atoms with E-state index < -0.39 is 0 Å². The van der Waals surface area contributed by atoms with Gasteiger partial charge in [-0.3, -0.25) is 4.90 Å². The molecule has 0 heterocycles. The maximum atomic E-state index is 10.2. The molecule has 0 saturated heterocycles. The first-order valence-electron chi connectivity index (χ1n) is 7.94. The molecule has 1 aromatic carbocycles. The van der Waals surface area contributed by atoms with E-state index in [1.165, 1.54) is 25.7 Å². The molecular formula is C17H27BrN2O. The standard InChI is InChI=1S/C17H27BrN2O/c1-4-16(15-11-12(18)5-10-17(15)21)20(3)14-8-6-13(19-2)7-9-14/h5,10-11,13-14,16,19,21H,4,6-9H2,1-3H3. The summed E-state index contributed by atoms with van der Waals surface area (Å²) in [4.78, 5) is 2.47. The van der Waals surface area contributed by atoms with Crippen molar-refractivity contribution < 1.29 is 5.11 Å². The molecule has 3 nitrogen and oxygen atoms in total. The molecule has 0 spiro atoms. The molecule has 1 aliphatic carbocycles. The number of halogens is 1. The van der Waals surface area contributed by atoms with Crippen LogP contribution in [-0.4, -0.2) is 36.2 Å². The third kappa shape index (κ3) is 3.99. The van der Waals surface area contributed by atoms with Crippen LogP contribution in [0.4, 0.5) is 0 Å². The zero-order chi connectivity index (χ0) is 15.4. The molecule has 0 bridgehead atoms. The average Bonchev–Trinajstić information content (AvgIpc) is 2.51. The van der Waals surface area contributed by atoms with Gasteiger partial charge in [0.05, 0.1) is 0 Å². The molecule has 21 heavy (non-hydrogen) atoms. The largest absolute Gasteiger partial charge is 0.508 e. The molecule has 1 aliphatic rings. The van der Waals surface area contributed by atoms with E-state index in [2.05, 4.69) is 53.2 Å². The van der Waals surface area contributed by atoms with Crippen LogP contribution in [0.1, 0.15) is 50.6 Å². The summed E-state index contributed by atoms with van der Waals surface area (Å²) in [7, 11) is 4.27. The molecule has 1 saturated carbocycles. The third-order valence-electron chi connectivity index (χ3n) is 4.91. The van der Waals surface area contributed by atoms with Crippen molar-refractivity contribution in [3.05, 3.63) is 28.2 Å². The van der Waals surface area contributed by atoms with Gasteiger partial charge >= 0.3 is 0 Å². The molecule has 4 heteroatoms. The van der Waals surface area contributed by atoms with Gasteiger partial charge in [-0.25, -0.2) is 0 Å². The highest BCUT2D eigenvalue weighted by molar-refractivity contribution is 9.10. The Morgan fingerprint density at radius 2 is 2.00 bits per heavy atom. The van der Waals surface area contributed by atoms with E-state index in [1.807, 2.05) is 6.07 Å². The van der Waals surface area contributed by atoms with Gasteiger partial charge in [-0.2, -0.15) is 0 Å². The van der Waals surface area contributed by atoms with Crippen LogP contribution in [-0.2, 0) is 0 Å². The Labute approximate surface area is 136 Å². The maximum absolute atomic E-state index is 10.2. The van der Waals surface area contributed by atoms with Gasteiger partial charge in [-0.1, -0.05) is 22.9 Å². The van der Waals surface area contributed by atoms with Gasteiger partial charge in [0.1, 0.15) is 5.75 Å². The van der Waals surface area contributed by atoms with Gasteiger partial charge in [-0.05, 0) is 64.4 Å². The summed E-state index contributed by atoms with van der Waals surface area (Å²) in [5, 5.41) is 13.6. The second-order valence-electron chi connectivity index (χ2n) is 6.09. The Morgan fingerprint density at radius 3 is 2.57 bits per heavy atom. The quantitative estimate of drug-likeness (QED) is 0.836. The van der Waals surface area contributed by atoms with Gasteiger partial charge in [0.2, 0.25) is 0 Å². The van der Waals surface area contributed by atoms with Crippen molar-refractivity contribution >= 4 is 15.9 Å². The van der Waals surface area contributed by atoms with E-state index in [1.54, 1.807) is 6.07 Å². The number of hydrogen-bond donors (Lipinski definition) is 2. The first-order chi connectivity index (χ1) is 10.1. The Kier molecular flexibility index (Phi) is 6.08. The fourth-order valence-corrected chi connectivity index (χ4v) is 3.92. The number of nitrogens with zero attached hydrogens (tertiary/aromatic N) is 1. The van der Waals surface area contributed by atoms with Crippen LogP contribution >= 0.6 is 15.9 Å². The number of benzene rings is 1. The molecule has 0 aromatic heterocycles. The van der Waals surface area contributed by atoms with Crippen LogP contribution in [0.25, 0.3) is 0 Å². The molecule has 0 aliphatic heterocycles. The van der Waals surface area contributed by atoms with E-state index in [0.29, 0.717) is 17.8 Å². The third-order valence-corrected chi connectivity index (χ3v) is 5.40. The van der Waals surface area contributed by atoms with E-state index in [9.17, 15) is 5.11 Å². The van der Waals surface area contributed by atoms with Crippen LogP contribution in [0, 0.1) is 0 Å². The maximum Gasteiger partial charge on any atom is 0.120 e. The molecule has 2 rings (SSSR count). The van der Waals surface area contributed by atoms with Crippen molar-refractivity contribution in [1.29, 1.82) is 0 Å². The number of phenolic OH excluding ortho intramolecular Hbond substituents is 1. The second-order valence-corrected chi connectivity index (χ2v) is 7.00. The highest BCUT2D eigenvalue weighted by Gasteiger charge is 2.28. The van der Waals surface area contributed by atoms with Crippen molar-refractivity contribution in [2.45, 2.75) is 57.2 Å². The van der Waals surface area contributed by atoms with Gasteiger partial charge in [0.15, 0.2) is 0 Å². The fourth-order valence-electron chi connectivity index (χ4n) is 3.55. The topological polar surface area (TPSA) is 35.5 Å². The lowest BCUT2D eigenvalue weighted by Crippen LogP contribution is -2.41. The normalized spacial score (nSPS) is 24.2. The second kappa shape index (κ2) is 7.61. The molecule has 0 amide bonds. The average molecular weight is 355 g/mol. The summed E-state index contributed by atoms with van der Waals surface area (Å²) in [5.74, 6) is 0.404. The molecular weight excluding hydrogens is 328 g/mol. The van der Waals surface area contributed by atoms with Gasteiger partial charge in [0, 0.05) is 28.2 Å². The predicted octanol–water partition coefficient (Wildman–Crippen LogP) is 4.07. The van der Waals surface area contributed by atoms with Crippen molar-refractivity contribution in [3.8, 4) is 5.75 Å². The summed E-state index contributed by atoms with van der Waals surface area (Å²) < 4.78 is 1.03. The van der Waals surface area contributed by atoms with E-state index in [-0.39, 0.29) is 6.04 Å². The van der Waals surface area contributed by atoms with Crippen molar-refractivity contribution in [2.24, 2.45) is 0 Å². The van der Waals surface area contributed by atoms with Crippen LogP contribution in [0.3, 0.4) is 0 Å². The van der Waals surface area contributed by atoms with E-state index >= 15 is 0 Å². The molecule has 0 radical (unpaired) electrons. The summed E-state index contributed by atoms with van der Waals surface area (Å²) in [6, 6.07) is 7.29. The van der Waals surface area contributed by atoms with Crippen LogP contribution in [0.15, 0.2) is 22.7 Å². The SMILES string of the molecule is CCC(c1cc(Br)ccc1O)N(C)C1CCC(NC)CC1. The van der Waals surface area contributed by atoms with Crippen LogP contribution in [0.5, 0.6) is 5.75 Å². The summed E-state index contributed by atoms with van der Waals surface area (Å²) in [6.07, 6.45) is 5.95. The summed E-state index contributed by atoms with van der Waals surface area (Å²) >= 11 is 3.52. The molecule has 1 unspecified atom stereocenters. The number of phenols is 1. The zero-order valence-electron chi connectivity index (χ0n) is 13.3. The number of nitrogens with one attached hydrogen (secondary N) is 1. The fraction of sp³-hybridized carbons (Fsp3) is 0.647. The van der Waals surface area contributed by atoms with E-state index in [0.717, 1.165) is 16.5 Å². The lowest BCUT2D eigenvalue weighted by atomic mass is 9.88. The van der Waals surface area contributed by atoms with E-state index in [4.69, 9.17) is 0 Å². The summed E-state index contributed by atoms with van der Waals surface area (Å²) in [5.41, 5.74) is 1.03. The number of aromatic hydroxyl groups is 1. The molecule has 1 atom stereocenters. The van der Waals surface area contributed by atoms with Crippen molar-refractivity contribution in [1.82, 2.24) is 10.2 Å². The smallest absolute Gasteiger partial charge is 0.120 e. The number of hydrogen-bond acceptors (Lipinski definition) is 3. The first kappa shape index (κ1) is 16.8. The Bertz CT molecular complexity index is 458. The van der Waals surface area contributed by atoms with Crippen molar-refractivity contribution in [2.75, 3.05) is 14.1 Å². The monoisotopic (exact) mass is 354 g/mol. The number of rotatable bonds is 5. The van der Waals surface area contributed by atoms with Crippen LogP contribution < -0.4 is 5.32 Å². The lowest BCUT2D eigenvalue weighted by molar-refractivity contribution is 0.123. The molecule has 1 aromatic rings. The zero-order valence-corrected chi connectivity index (χ0v) is 14.9.